The quantitative estimate of drug-likeness (QED) is 0.757. The number of aromatic nitrogens is 1. The molecule has 4 aliphatic rings. The molecule has 144 valence electrons. The van der Waals surface area contributed by atoms with E-state index in [9.17, 15) is 9.59 Å². The lowest BCUT2D eigenvalue weighted by atomic mass is 9.36. The van der Waals surface area contributed by atoms with Crippen LogP contribution in [0.2, 0.25) is 5.15 Å². The molecule has 6 heteroatoms. The van der Waals surface area contributed by atoms with E-state index in [-0.39, 0.29) is 28.7 Å². The molecule has 0 radical (unpaired) electrons. The van der Waals surface area contributed by atoms with Crippen molar-refractivity contribution in [3.05, 3.63) is 58.4 Å². The van der Waals surface area contributed by atoms with E-state index in [1.165, 1.54) is 11.1 Å². The number of amides is 2. The molecule has 2 aromatic rings. The molecule has 4 aliphatic carbocycles. The maximum atomic E-state index is 12.6. The summed E-state index contributed by atoms with van der Waals surface area (Å²) in [6, 6.07) is 9.41. The number of fused-ring (bicyclic) bond motifs is 1. The van der Waals surface area contributed by atoms with Crippen LogP contribution in [0.15, 0.2) is 36.5 Å². The molecule has 2 N–H and O–H groups in total. The fourth-order valence-corrected chi connectivity index (χ4v) is 5.20. The van der Waals surface area contributed by atoms with Crippen LogP contribution in [-0.4, -0.2) is 22.3 Å². The smallest absolute Gasteiger partial charge is 0.251 e. The highest BCUT2D eigenvalue weighted by Crippen LogP contribution is 2.70. The summed E-state index contributed by atoms with van der Waals surface area (Å²) in [7, 11) is 0. The first kappa shape index (κ1) is 17.7. The average molecular weight is 396 g/mol. The first-order valence-corrected chi connectivity index (χ1v) is 10.1. The third-order valence-electron chi connectivity index (χ3n) is 6.89. The van der Waals surface area contributed by atoms with E-state index in [0.717, 1.165) is 37.7 Å². The number of carbonyl (C=O) groups excluding carboxylic acids is 2. The van der Waals surface area contributed by atoms with Crippen LogP contribution in [0.3, 0.4) is 0 Å². The zero-order valence-corrected chi connectivity index (χ0v) is 16.5. The Morgan fingerprint density at radius 3 is 2.46 bits per heavy atom. The van der Waals surface area contributed by atoms with Gasteiger partial charge in [0, 0.05) is 17.0 Å². The van der Waals surface area contributed by atoms with E-state index < -0.39 is 0 Å². The lowest BCUT2D eigenvalue weighted by Gasteiger charge is -2.72. The molecule has 1 aromatic carbocycles. The van der Waals surface area contributed by atoms with Crippen molar-refractivity contribution in [3.63, 3.8) is 0 Å². The van der Waals surface area contributed by atoms with Crippen LogP contribution < -0.4 is 10.6 Å². The second kappa shape index (κ2) is 6.05. The number of rotatable bonds is 5. The second-order valence-corrected chi connectivity index (χ2v) is 9.08. The fraction of sp³-hybridized carbons (Fsp3) is 0.409. The maximum absolute atomic E-state index is 12.6. The number of nitrogens with zero attached hydrogens (tertiary/aromatic N) is 1. The molecule has 0 saturated heterocycles. The van der Waals surface area contributed by atoms with Gasteiger partial charge >= 0.3 is 0 Å². The van der Waals surface area contributed by atoms with Gasteiger partial charge in [-0.3, -0.25) is 9.59 Å². The summed E-state index contributed by atoms with van der Waals surface area (Å²) in [6.07, 6.45) is 6.35. The van der Waals surface area contributed by atoms with Gasteiger partial charge in [0.1, 0.15) is 5.15 Å². The van der Waals surface area contributed by atoms with Crippen LogP contribution in [0.4, 0.5) is 5.69 Å². The van der Waals surface area contributed by atoms with E-state index >= 15 is 0 Å². The van der Waals surface area contributed by atoms with Gasteiger partial charge in [0.15, 0.2) is 0 Å². The minimum Gasteiger partial charge on any atom is -0.347 e. The van der Waals surface area contributed by atoms with Crippen molar-refractivity contribution >= 4 is 29.1 Å². The lowest BCUT2D eigenvalue weighted by molar-refractivity contribution is -0.184. The number of aryl methyl sites for hydroxylation is 2. The Morgan fingerprint density at radius 1 is 1.11 bits per heavy atom. The van der Waals surface area contributed by atoms with Crippen molar-refractivity contribution in [1.29, 1.82) is 0 Å². The minimum atomic E-state index is -0.129. The van der Waals surface area contributed by atoms with E-state index in [2.05, 4.69) is 21.7 Å². The Kier molecular flexibility index (Phi) is 3.82. The van der Waals surface area contributed by atoms with Crippen LogP contribution >= 0.6 is 11.6 Å². The van der Waals surface area contributed by atoms with Crippen LogP contribution in [0, 0.1) is 11.3 Å². The predicted molar refractivity (Wildman–Crippen MR) is 107 cm³/mol. The number of benzene rings is 1. The Bertz CT molecular complexity index is 966. The number of anilines is 1. The van der Waals surface area contributed by atoms with E-state index in [1.807, 2.05) is 19.1 Å². The van der Waals surface area contributed by atoms with Gasteiger partial charge in [-0.1, -0.05) is 24.6 Å². The summed E-state index contributed by atoms with van der Waals surface area (Å²) >= 11 is 5.78. The zero-order valence-electron chi connectivity index (χ0n) is 15.7. The molecule has 0 aliphatic heterocycles. The van der Waals surface area contributed by atoms with E-state index in [0.29, 0.717) is 10.8 Å². The molecule has 1 unspecified atom stereocenters. The molecule has 0 spiro atoms. The number of carbonyl (C=O) groups is 2. The first-order valence-electron chi connectivity index (χ1n) is 9.75. The standard InChI is InChI=1S/C22H22ClN3O2/c1-13(19(27)25-17-6-7-18(23)24-9-17)21-10-22(11-21,12-21)26-20(28)16-5-3-14-2-4-15(14)8-16/h3,5-9,13H,2,4,10-12H2,1H3,(H,25,27)(H,26,28). The van der Waals surface area contributed by atoms with Crippen molar-refractivity contribution < 1.29 is 9.59 Å². The molecule has 3 saturated carbocycles. The molecular weight excluding hydrogens is 374 g/mol. The third kappa shape index (κ3) is 2.72. The molecule has 1 heterocycles. The molecule has 2 amide bonds. The van der Waals surface area contributed by atoms with Gasteiger partial charge in [0.2, 0.25) is 5.91 Å². The number of nitrogens with one attached hydrogen (secondary N) is 2. The lowest BCUT2D eigenvalue weighted by Crippen LogP contribution is -2.77. The summed E-state index contributed by atoms with van der Waals surface area (Å²) in [5.41, 5.74) is 3.92. The summed E-state index contributed by atoms with van der Waals surface area (Å²) in [5.74, 6) is -0.114. The summed E-state index contributed by atoms with van der Waals surface area (Å²) < 4.78 is 0. The molecule has 5 nitrogen and oxygen atoms in total. The SMILES string of the molecule is CC(C(=O)Nc1ccc(Cl)nc1)C12CC(NC(=O)c3ccc4c(c3)CC4)(C1)C2. The fourth-order valence-electron chi connectivity index (χ4n) is 5.09. The third-order valence-corrected chi connectivity index (χ3v) is 7.11. The average Bonchev–Trinajstić information content (AvgIpc) is 2.59. The van der Waals surface area contributed by atoms with Gasteiger partial charge in [-0.2, -0.15) is 0 Å². The minimum absolute atomic E-state index is 0.00231. The van der Waals surface area contributed by atoms with Gasteiger partial charge in [-0.15, -0.1) is 0 Å². The Labute approximate surface area is 168 Å². The topological polar surface area (TPSA) is 71.1 Å². The predicted octanol–water partition coefficient (Wildman–Crippen LogP) is 3.76. The Hall–Kier alpha value is -2.40. The van der Waals surface area contributed by atoms with Crippen molar-refractivity contribution in [2.24, 2.45) is 11.3 Å². The van der Waals surface area contributed by atoms with Gasteiger partial charge in [0.05, 0.1) is 11.9 Å². The highest BCUT2D eigenvalue weighted by Gasteiger charge is 2.71. The molecule has 3 fully saturated rings. The van der Waals surface area contributed by atoms with Gasteiger partial charge in [-0.25, -0.2) is 4.98 Å². The molecular formula is C22H22ClN3O2. The summed E-state index contributed by atoms with van der Waals surface area (Å²) in [6.45, 7) is 1.97. The van der Waals surface area contributed by atoms with Crippen molar-refractivity contribution in [1.82, 2.24) is 10.3 Å². The summed E-state index contributed by atoms with van der Waals surface area (Å²) in [4.78, 5) is 29.2. The largest absolute Gasteiger partial charge is 0.347 e. The van der Waals surface area contributed by atoms with Crippen molar-refractivity contribution in [2.45, 2.75) is 44.6 Å². The summed E-state index contributed by atoms with van der Waals surface area (Å²) in [5, 5.41) is 6.54. The number of hydrogen-bond acceptors (Lipinski definition) is 3. The van der Waals surface area contributed by atoms with Crippen LogP contribution in [0.1, 0.15) is 47.7 Å². The monoisotopic (exact) mass is 395 g/mol. The van der Waals surface area contributed by atoms with Gasteiger partial charge in [0.25, 0.3) is 5.91 Å². The second-order valence-electron chi connectivity index (χ2n) is 8.69. The normalized spacial score (nSPS) is 27.4. The van der Waals surface area contributed by atoms with Gasteiger partial charge < -0.3 is 10.6 Å². The Balaban J connectivity index is 1.18. The van der Waals surface area contributed by atoms with Crippen LogP contribution in [0.25, 0.3) is 0 Å². The van der Waals surface area contributed by atoms with Crippen LogP contribution in [0.5, 0.6) is 0 Å². The van der Waals surface area contributed by atoms with Gasteiger partial charge in [-0.05, 0) is 72.9 Å². The van der Waals surface area contributed by atoms with Crippen molar-refractivity contribution in [2.75, 3.05) is 5.32 Å². The number of halogens is 1. The van der Waals surface area contributed by atoms with E-state index in [4.69, 9.17) is 11.6 Å². The molecule has 28 heavy (non-hydrogen) atoms. The molecule has 1 aromatic heterocycles. The number of pyridine rings is 1. The van der Waals surface area contributed by atoms with E-state index in [1.54, 1.807) is 18.3 Å². The van der Waals surface area contributed by atoms with Crippen LogP contribution in [-0.2, 0) is 17.6 Å². The highest BCUT2D eigenvalue weighted by molar-refractivity contribution is 6.29. The first-order chi connectivity index (χ1) is 13.4. The van der Waals surface area contributed by atoms with Crippen molar-refractivity contribution in [3.8, 4) is 0 Å². The highest BCUT2D eigenvalue weighted by atomic mass is 35.5. The number of hydrogen-bond donors (Lipinski definition) is 2. The molecule has 6 rings (SSSR count). The molecule has 1 atom stereocenters. The Morgan fingerprint density at radius 2 is 1.86 bits per heavy atom. The zero-order chi connectivity index (χ0) is 19.5. The molecule has 2 bridgehead atoms. The maximum Gasteiger partial charge on any atom is 0.251 e.